The van der Waals surface area contributed by atoms with Gasteiger partial charge in [-0.05, 0) is 35.7 Å². The third kappa shape index (κ3) is 2.90. The highest BCUT2D eigenvalue weighted by Crippen LogP contribution is 2.37. The first-order chi connectivity index (χ1) is 11.1. The van der Waals surface area contributed by atoms with E-state index in [2.05, 4.69) is 13.8 Å². The Morgan fingerprint density at radius 2 is 1.87 bits per heavy atom. The molecule has 0 amide bonds. The normalized spacial score (nSPS) is 12.3. The molecule has 0 radical (unpaired) electrons. The van der Waals surface area contributed by atoms with Gasteiger partial charge in [0.2, 0.25) is 6.79 Å². The lowest BCUT2D eigenvalue weighted by molar-refractivity contribution is 0.0727. The zero-order valence-electron chi connectivity index (χ0n) is 12.9. The molecule has 0 aliphatic carbocycles. The molecular weight excluding hydrogens is 296 g/mol. The van der Waals surface area contributed by atoms with Crippen LogP contribution < -0.4 is 14.2 Å². The van der Waals surface area contributed by atoms with E-state index >= 15 is 0 Å². The van der Waals surface area contributed by atoms with Crippen LogP contribution in [0.25, 0.3) is 0 Å². The van der Waals surface area contributed by atoms with E-state index in [0.717, 1.165) is 5.56 Å². The van der Waals surface area contributed by atoms with E-state index in [9.17, 15) is 9.59 Å². The largest absolute Gasteiger partial charge is 0.454 e. The third-order valence-electron chi connectivity index (χ3n) is 3.66. The molecular formula is C18H16O5. The van der Waals surface area contributed by atoms with Crippen LogP contribution in [0.4, 0.5) is 0 Å². The average molecular weight is 312 g/mol. The highest BCUT2D eigenvalue weighted by molar-refractivity contribution is 6.02. The predicted octanol–water partition coefficient (Wildman–Crippen LogP) is 3.57. The van der Waals surface area contributed by atoms with Crippen molar-refractivity contribution >= 4 is 12.3 Å². The van der Waals surface area contributed by atoms with Crippen molar-refractivity contribution < 1.29 is 23.8 Å². The molecule has 118 valence electrons. The van der Waals surface area contributed by atoms with Gasteiger partial charge in [0.1, 0.15) is 11.3 Å². The van der Waals surface area contributed by atoms with Crippen molar-refractivity contribution in [2.75, 3.05) is 6.79 Å². The number of aldehydes is 1. The summed E-state index contributed by atoms with van der Waals surface area (Å²) in [5.74, 6) is 0.833. The van der Waals surface area contributed by atoms with Gasteiger partial charge in [0.25, 0.3) is 0 Å². The van der Waals surface area contributed by atoms with Crippen LogP contribution in [-0.4, -0.2) is 19.0 Å². The number of ether oxygens (including phenoxy) is 3. The summed E-state index contributed by atoms with van der Waals surface area (Å²) in [5, 5.41) is 0. The van der Waals surface area contributed by atoms with Crippen LogP contribution in [0.1, 0.15) is 46.0 Å². The molecule has 2 aromatic carbocycles. The lowest BCUT2D eigenvalue weighted by Gasteiger charge is -2.10. The molecule has 0 saturated heterocycles. The van der Waals surface area contributed by atoms with Crippen LogP contribution >= 0.6 is 0 Å². The second-order valence-corrected chi connectivity index (χ2v) is 5.49. The van der Waals surface area contributed by atoms with Crippen molar-refractivity contribution in [1.82, 2.24) is 0 Å². The maximum absolute atomic E-state index is 12.5. The molecule has 0 N–H and O–H groups in total. The van der Waals surface area contributed by atoms with E-state index in [-0.39, 0.29) is 23.7 Å². The Morgan fingerprint density at radius 1 is 1.13 bits per heavy atom. The summed E-state index contributed by atoms with van der Waals surface area (Å²) in [6.45, 7) is 4.19. The number of hydrogen-bond acceptors (Lipinski definition) is 5. The van der Waals surface area contributed by atoms with Crippen molar-refractivity contribution in [3.63, 3.8) is 0 Å². The molecule has 0 saturated carbocycles. The van der Waals surface area contributed by atoms with Gasteiger partial charge in [-0.2, -0.15) is 0 Å². The SMILES string of the molecule is CC(C)c1ccc(OC(=O)c2c(C=O)ccc3c2OCO3)cc1. The topological polar surface area (TPSA) is 61.8 Å². The van der Waals surface area contributed by atoms with E-state index in [1.807, 2.05) is 12.1 Å². The van der Waals surface area contributed by atoms with E-state index < -0.39 is 5.97 Å². The van der Waals surface area contributed by atoms with Gasteiger partial charge in [-0.3, -0.25) is 4.79 Å². The molecule has 0 fully saturated rings. The highest BCUT2D eigenvalue weighted by Gasteiger charge is 2.27. The van der Waals surface area contributed by atoms with Crippen molar-refractivity contribution in [2.24, 2.45) is 0 Å². The molecule has 23 heavy (non-hydrogen) atoms. The molecule has 2 aromatic rings. The fourth-order valence-corrected chi connectivity index (χ4v) is 2.38. The lowest BCUT2D eigenvalue weighted by atomic mass is 10.0. The molecule has 1 aliphatic heterocycles. The number of esters is 1. The lowest BCUT2D eigenvalue weighted by Crippen LogP contribution is -2.12. The van der Waals surface area contributed by atoms with Gasteiger partial charge in [-0.15, -0.1) is 0 Å². The molecule has 0 spiro atoms. The Kier molecular flexibility index (Phi) is 4.02. The van der Waals surface area contributed by atoms with E-state index in [1.54, 1.807) is 18.2 Å². The van der Waals surface area contributed by atoms with Gasteiger partial charge < -0.3 is 14.2 Å². The molecule has 3 rings (SSSR count). The Hall–Kier alpha value is -2.82. The van der Waals surface area contributed by atoms with Crippen molar-refractivity contribution in [3.05, 3.63) is 53.1 Å². The van der Waals surface area contributed by atoms with Gasteiger partial charge in [0.05, 0.1) is 0 Å². The first-order valence-corrected chi connectivity index (χ1v) is 7.30. The average Bonchev–Trinajstić information content (AvgIpc) is 3.02. The molecule has 5 nitrogen and oxygen atoms in total. The number of benzene rings is 2. The Morgan fingerprint density at radius 3 is 2.52 bits per heavy atom. The van der Waals surface area contributed by atoms with Crippen LogP contribution in [0, 0.1) is 0 Å². The van der Waals surface area contributed by atoms with E-state index in [4.69, 9.17) is 14.2 Å². The van der Waals surface area contributed by atoms with Crippen LogP contribution in [0.5, 0.6) is 17.2 Å². The summed E-state index contributed by atoms with van der Waals surface area (Å²) in [7, 11) is 0. The van der Waals surface area contributed by atoms with E-state index in [1.165, 1.54) is 6.07 Å². The van der Waals surface area contributed by atoms with E-state index in [0.29, 0.717) is 23.7 Å². The maximum atomic E-state index is 12.5. The monoisotopic (exact) mass is 312 g/mol. The Labute approximate surface area is 133 Å². The second kappa shape index (κ2) is 6.12. The molecule has 5 heteroatoms. The van der Waals surface area contributed by atoms with Crippen LogP contribution in [0.3, 0.4) is 0 Å². The Bertz CT molecular complexity index is 747. The van der Waals surface area contributed by atoms with Gasteiger partial charge in [0.15, 0.2) is 17.8 Å². The maximum Gasteiger partial charge on any atom is 0.348 e. The minimum atomic E-state index is -0.647. The minimum Gasteiger partial charge on any atom is -0.454 e. The summed E-state index contributed by atoms with van der Waals surface area (Å²) < 4.78 is 15.9. The van der Waals surface area contributed by atoms with Gasteiger partial charge in [-0.1, -0.05) is 26.0 Å². The van der Waals surface area contributed by atoms with Crippen molar-refractivity contribution in [2.45, 2.75) is 19.8 Å². The van der Waals surface area contributed by atoms with Gasteiger partial charge in [0, 0.05) is 5.56 Å². The summed E-state index contributed by atoms with van der Waals surface area (Å²) in [4.78, 5) is 23.7. The number of hydrogen-bond donors (Lipinski definition) is 0. The summed E-state index contributed by atoms with van der Waals surface area (Å²) in [5.41, 5.74) is 1.44. The molecule has 0 unspecified atom stereocenters. The number of fused-ring (bicyclic) bond motifs is 1. The molecule has 0 aromatic heterocycles. The first kappa shape index (κ1) is 15.1. The summed E-state index contributed by atoms with van der Waals surface area (Å²) >= 11 is 0. The second-order valence-electron chi connectivity index (χ2n) is 5.49. The summed E-state index contributed by atoms with van der Waals surface area (Å²) in [6, 6.07) is 10.4. The fraction of sp³-hybridized carbons (Fsp3) is 0.222. The standard InChI is InChI=1S/C18H16O5/c1-11(2)12-3-6-14(7-4-12)23-18(20)16-13(9-19)5-8-15-17(16)22-10-21-15/h3-9,11H,10H2,1-2H3. The number of carbonyl (C=O) groups is 2. The quantitative estimate of drug-likeness (QED) is 0.490. The number of carbonyl (C=O) groups excluding carboxylic acids is 2. The zero-order chi connectivity index (χ0) is 16.4. The van der Waals surface area contributed by atoms with Crippen LogP contribution in [0.15, 0.2) is 36.4 Å². The molecule has 1 aliphatic rings. The smallest absolute Gasteiger partial charge is 0.348 e. The van der Waals surface area contributed by atoms with Crippen LogP contribution in [0.2, 0.25) is 0 Å². The molecule has 1 heterocycles. The van der Waals surface area contributed by atoms with Gasteiger partial charge >= 0.3 is 5.97 Å². The Balaban J connectivity index is 1.89. The highest BCUT2D eigenvalue weighted by atomic mass is 16.7. The van der Waals surface area contributed by atoms with Crippen LogP contribution in [-0.2, 0) is 0 Å². The molecule has 0 atom stereocenters. The van der Waals surface area contributed by atoms with Crippen molar-refractivity contribution in [3.8, 4) is 17.2 Å². The van der Waals surface area contributed by atoms with Crippen molar-refractivity contribution in [1.29, 1.82) is 0 Å². The molecule has 0 bridgehead atoms. The summed E-state index contributed by atoms with van der Waals surface area (Å²) in [6.07, 6.45) is 0.598. The zero-order valence-corrected chi connectivity index (χ0v) is 12.9. The van der Waals surface area contributed by atoms with Gasteiger partial charge in [-0.25, -0.2) is 4.79 Å². The first-order valence-electron chi connectivity index (χ1n) is 7.30. The minimum absolute atomic E-state index is 0.0149. The third-order valence-corrected chi connectivity index (χ3v) is 3.66. The fourth-order valence-electron chi connectivity index (χ4n) is 2.38. The predicted molar refractivity (Wildman–Crippen MR) is 83.4 cm³/mol. The number of rotatable bonds is 4.